The van der Waals surface area contributed by atoms with Crippen LogP contribution in [0.5, 0.6) is 5.75 Å². The largest absolute Gasteiger partial charge is 0.493 e. The van der Waals surface area contributed by atoms with E-state index >= 15 is 0 Å². The molecule has 0 saturated heterocycles. The van der Waals surface area contributed by atoms with Gasteiger partial charge in [-0.2, -0.15) is 0 Å². The Morgan fingerprint density at radius 1 is 1.50 bits per heavy atom. The summed E-state index contributed by atoms with van der Waals surface area (Å²) in [5.41, 5.74) is 6.75. The van der Waals surface area contributed by atoms with E-state index in [0.717, 1.165) is 12.0 Å². The van der Waals surface area contributed by atoms with E-state index in [-0.39, 0.29) is 11.9 Å². The van der Waals surface area contributed by atoms with Crippen LogP contribution >= 0.6 is 0 Å². The Bertz CT molecular complexity index is 361. The number of benzene rings is 1. The van der Waals surface area contributed by atoms with Crippen LogP contribution in [-0.4, -0.2) is 12.6 Å². The quantitative estimate of drug-likeness (QED) is 0.832. The van der Waals surface area contributed by atoms with Gasteiger partial charge in [0.25, 0.3) is 0 Å². The average Bonchev–Trinajstić information content (AvgIpc) is 3.01. The lowest BCUT2D eigenvalue weighted by Gasteiger charge is -2.13. The molecule has 1 saturated carbocycles. The van der Waals surface area contributed by atoms with Gasteiger partial charge in [0, 0.05) is 12.1 Å². The van der Waals surface area contributed by atoms with Gasteiger partial charge >= 0.3 is 0 Å². The van der Waals surface area contributed by atoms with Gasteiger partial charge in [-0.15, -0.1) is 0 Å². The molecule has 0 heterocycles. The van der Waals surface area contributed by atoms with Crippen molar-refractivity contribution in [2.24, 2.45) is 11.7 Å². The summed E-state index contributed by atoms with van der Waals surface area (Å²) in [5, 5.41) is 0. The van der Waals surface area contributed by atoms with Crippen molar-refractivity contribution < 1.29 is 9.13 Å². The van der Waals surface area contributed by atoms with Gasteiger partial charge in [-0.3, -0.25) is 0 Å². The zero-order valence-electron chi connectivity index (χ0n) is 9.58. The van der Waals surface area contributed by atoms with Crippen LogP contribution in [0, 0.1) is 11.7 Å². The Morgan fingerprint density at radius 2 is 2.25 bits per heavy atom. The third-order valence-electron chi connectivity index (χ3n) is 2.74. The summed E-state index contributed by atoms with van der Waals surface area (Å²) >= 11 is 0. The van der Waals surface area contributed by atoms with E-state index in [0.29, 0.717) is 18.3 Å². The molecule has 16 heavy (non-hydrogen) atoms. The van der Waals surface area contributed by atoms with Crippen molar-refractivity contribution in [2.75, 3.05) is 6.61 Å². The van der Waals surface area contributed by atoms with Gasteiger partial charge in [-0.1, -0.05) is 6.07 Å². The Hall–Kier alpha value is -1.09. The van der Waals surface area contributed by atoms with E-state index in [2.05, 4.69) is 0 Å². The van der Waals surface area contributed by atoms with Crippen LogP contribution in [0.4, 0.5) is 4.39 Å². The van der Waals surface area contributed by atoms with Crippen LogP contribution in [0.1, 0.15) is 25.3 Å². The van der Waals surface area contributed by atoms with Crippen LogP contribution < -0.4 is 10.5 Å². The van der Waals surface area contributed by atoms with Crippen molar-refractivity contribution in [3.63, 3.8) is 0 Å². The maximum absolute atomic E-state index is 13.1. The van der Waals surface area contributed by atoms with E-state index in [9.17, 15) is 4.39 Å². The second-order valence-electron chi connectivity index (χ2n) is 4.69. The molecule has 1 atom stereocenters. The summed E-state index contributed by atoms with van der Waals surface area (Å²) in [6.07, 6.45) is 3.19. The molecule has 0 aromatic heterocycles. The van der Waals surface area contributed by atoms with E-state index in [1.807, 2.05) is 6.92 Å². The number of halogens is 1. The molecule has 2 rings (SSSR count). The number of ether oxygens (including phenoxy) is 1. The van der Waals surface area contributed by atoms with Gasteiger partial charge in [0.15, 0.2) is 0 Å². The van der Waals surface area contributed by atoms with Crippen LogP contribution in [0.2, 0.25) is 0 Å². The fraction of sp³-hybridized carbons (Fsp3) is 0.538. The molecule has 1 aromatic carbocycles. The van der Waals surface area contributed by atoms with Gasteiger partial charge < -0.3 is 10.5 Å². The van der Waals surface area contributed by atoms with Crippen molar-refractivity contribution in [3.05, 3.63) is 29.6 Å². The lowest BCUT2D eigenvalue weighted by atomic mass is 10.1. The molecule has 3 heteroatoms. The molecule has 2 N–H and O–H groups in total. The van der Waals surface area contributed by atoms with Gasteiger partial charge in [-0.25, -0.2) is 4.39 Å². The number of hydrogen-bond donors (Lipinski definition) is 1. The molecule has 0 amide bonds. The minimum atomic E-state index is -0.251. The minimum Gasteiger partial charge on any atom is -0.493 e. The molecule has 88 valence electrons. The molecule has 2 nitrogen and oxygen atoms in total. The second kappa shape index (κ2) is 4.83. The molecule has 0 spiro atoms. The van der Waals surface area contributed by atoms with Crippen LogP contribution in [0.3, 0.4) is 0 Å². The number of nitrogens with two attached hydrogens (primary N) is 1. The second-order valence-corrected chi connectivity index (χ2v) is 4.69. The van der Waals surface area contributed by atoms with Gasteiger partial charge in [0.2, 0.25) is 0 Å². The normalized spacial score (nSPS) is 17.2. The van der Waals surface area contributed by atoms with E-state index in [1.54, 1.807) is 6.07 Å². The first-order valence-corrected chi connectivity index (χ1v) is 5.82. The molecular weight excluding hydrogens is 205 g/mol. The first-order chi connectivity index (χ1) is 7.65. The summed E-state index contributed by atoms with van der Waals surface area (Å²) in [4.78, 5) is 0. The molecule has 0 radical (unpaired) electrons. The Morgan fingerprint density at radius 3 is 2.88 bits per heavy atom. The van der Waals surface area contributed by atoms with Gasteiger partial charge in [-0.05, 0) is 43.7 Å². The molecule has 1 fully saturated rings. The van der Waals surface area contributed by atoms with Crippen molar-refractivity contribution in [2.45, 2.75) is 32.2 Å². The lowest BCUT2D eigenvalue weighted by Crippen LogP contribution is -2.18. The Labute approximate surface area is 95.6 Å². The predicted octanol–water partition coefficient (Wildman–Crippen LogP) is 2.50. The first-order valence-electron chi connectivity index (χ1n) is 5.82. The fourth-order valence-electron chi connectivity index (χ4n) is 1.67. The average molecular weight is 223 g/mol. The predicted molar refractivity (Wildman–Crippen MR) is 62.0 cm³/mol. The highest BCUT2D eigenvalue weighted by atomic mass is 19.1. The molecule has 0 bridgehead atoms. The summed E-state index contributed by atoms with van der Waals surface area (Å²) in [6.45, 7) is 2.64. The SMILES string of the molecule is CC(N)Cc1ccc(F)cc1OCC1CC1. The number of hydrogen-bond acceptors (Lipinski definition) is 2. The maximum atomic E-state index is 13.1. The maximum Gasteiger partial charge on any atom is 0.126 e. The first kappa shape index (κ1) is 11.4. The van der Waals surface area contributed by atoms with E-state index < -0.39 is 0 Å². The van der Waals surface area contributed by atoms with Gasteiger partial charge in [0.1, 0.15) is 11.6 Å². The molecule has 1 aliphatic rings. The third kappa shape index (κ3) is 3.20. The van der Waals surface area contributed by atoms with Crippen LogP contribution in [0.25, 0.3) is 0 Å². The Kier molecular flexibility index (Phi) is 3.44. The van der Waals surface area contributed by atoms with Crippen molar-refractivity contribution in [1.82, 2.24) is 0 Å². The van der Waals surface area contributed by atoms with Gasteiger partial charge in [0.05, 0.1) is 6.61 Å². The summed E-state index contributed by atoms with van der Waals surface area (Å²) in [6, 6.07) is 4.75. The van der Waals surface area contributed by atoms with Crippen molar-refractivity contribution in [3.8, 4) is 5.75 Å². The zero-order chi connectivity index (χ0) is 11.5. The van der Waals surface area contributed by atoms with Crippen molar-refractivity contribution >= 4 is 0 Å². The molecule has 1 aromatic rings. The number of rotatable bonds is 5. The minimum absolute atomic E-state index is 0.0636. The van der Waals surface area contributed by atoms with Crippen LogP contribution in [0.15, 0.2) is 18.2 Å². The molecular formula is C13H18FNO. The summed E-state index contributed by atoms with van der Waals surface area (Å²) in [5.74, 6) is 1.08. The Balaban J connectivity index is 2.07. The van der Waals surface area contributed by atoms with Crippen molar-refractivity contribution in [1.29, 1.82) is 0 Å². The third-order valence-corrected chi connectivity index (χ3v) is 2.74. The van der Waals surface area contributed by atoms with Crippen LogP contribution in [-0.2, 0) is 6.42 Å². The fourth-order valence-corrected chi connectivity index (χ4v) is 1.67. The molecule has 0 aliphatic heterocycles. The highest BCUT2D eigenvalue weighted by Crippen LogP contribution is 2.30. The molecule has 1 aliphatic carbocycles. The standard InChI is InChI=1S/C13H18FNO/c1-9(15)6-11-4-5-12(14)7-13(11)16-8-10-2-3-10/h4-5,7,9-10H,2-3,6,8,15H2,1H3. The smallest absolute Gasteiger partial charge is 0.126 e. The highest BCUT2D eigenvalue weighted by Gasteiger charge is 2.22. The zero-order valence-corrected chi connectivity index (χ0v) is 9.58. The summed E-state index contributed by atoms with van der Waals surface area (Å²) < 4.78 is 18.8. The topological polar surface area (TPSA) is 35.2 Å². The highest BCUT2D eigenvalue weighted by molar-refractivity contribution is 5.34. The van der Waals surface area contributed by atoms with E-state index in [4.69, 9.17) is 10.5 Å². The van der Waals surface area contributed by atoms with E-state index in [1.165, 1.54) is 25.0 Å². The molecule has 1 unspecified atom stereocenters. The summed E-state index contributed by atoms with van der Waals surface area (Å²) in [7, 11) is 0. The monoisotopic (exact) mass is 223 g/mol. The lowest BCUT2D eigenvalue weighted by molar-refractivity contribution is 0.295.